The molecule has 3 amide bonds. The number of benzene rings is 3. The van der Waals surface area contributed by atoms with Crippen molar-refractivity contribution in [2.75, 3.05) is 19.7 Å². The van der Waals surface area contributed by atoms with Gasteiger partial charge in [-0.15, -0.1) is 0 Å². The molecule has 3 aromatic carbocycles. The zero-order valence-electron chi connectivity index (χ0n) is 30.2. The number of carbonyl (C=O) groups is 3. The first-order valence-corrected chi connectivity index (χ1v) is 19.2. The number of imidazole rings is 2. The molecule has 2 aliphatic rings. The minimum Gasteiger partial charge on any atom is -0.352 e. The Morgan fingerprint density at radius 2 is 1.71 bits per heavy atom. The molecule has 2 aliphatic heterocycles. The van der Waals surface area contributed by atoms with E-state index in [2.05, 4.69) is 25.6 Å². The fraction of sp³-hybridized carbons (Fsp3) is 0.341. The fourth-order valence-corrected chi connectivity index (χ4v) is 7.96. The number of carbonyl (C=O) groups excluding carboxylic acids is 3. The highest BCUT2D eigenvalue weighted by Crippen LogP contribution is 2.40. The van der Waals surface area contributed by atoms with Gasteiger partial charge in [-0.3, -0.25) is 14.4 Å². The number of aromatic amines is 1. The number of likely N-dealkylation sites (tertiary alicyclic amines) is 1. The maximum atomic E-state index is 14.3. The van der Waals surface area contributed by atoms with E-state index < -0.39 is 29.9 Å². The monoisotopic (exact) mass is 783 g/mol. The van der Waals surface area contributed by atoms with Crippen LogP contribution in [0.25, 0.3) is 0 Å². The summed E-state index contributed by atoms with van der Waals surface area (Å²) in [5.41, 5.74) is 3.37. The van der Waals surface area contributed by atoms with Gasteiger partial charge < -0.3 is 34.6 Å². The third kappa shape index (κ3) is 9.45. The van der Waals surface area contributed by atoms with Crippen LogP contribution in [0.5, 0.6) is 0 Å². The van der Waals surface area contributed by atoms with Gasteiger partial charge in [-0.1, -0.05) is 89.9 Å². The molecule has 4 heterocycles. The summed E-state index contributed by atoms with van der Waals surface area (Å²) in [7, 11) is 0. The van der Waals surface area contributed by atoms with E-state index in [0.29, 0.717) is 53.5 Å². The summed E-state index contributed by atoms with van der Waals surface area (Å²) in [5, 5.41) is 6.80. The van der Waals surface area contributed by atoms with Crippen LogP contribution in [-0.4, -0.2) is 80.0 Å². The standard InChI is InChI=1S/C41H43Cl2N7O5/c42-31-13-14-34(35(43)20-31)41(25-49-17-15-44-27-49)54-24-33(55-41)23-46-38(51)36(21-32-22-45-26-47-32)48-39(52)37-12-7-16-50(37)40(53)30(18-28-8-3-1-4-9-28)19-29-10-5-2-6-11-29/h1-6,8-11,13-15,17,20,22,26-27,30,33,36-37H,7,12,16,18-19,21,23-25H2,(H,45,47)(H,46,51)(H,48,52). The molecule has 0 aliphatic carbocycles. The number of amides is 3. The molecule has 4 atom stereocenters. The van der Waals surface area contributed by atoms with Crippen molar-refractivity contribution in [3.05, 3.63) is 143 Å². The third-order valence-corrected chi connectivity index (χ3v) is 10.7. The fourth-order valence-electron chi connectivity index (χ4n) is 7.41. The summed E-state index contributed by atoms with van der Waals surface area (Å²) in [6.45, 7) is 0.981. The van der Waals surface area contributed by atoms with Gasteiger partial charge in [0.15, 0.2) is 0 Å². The van der Waals surface area contributed by atoms with Gasteiger partial charge in [0.05, 0.1) is 30.8 Å². The maximum Gasteiger partial charge on any atom is 0.243 e. The van der Waals surface area contributed by atoms with Crippen molar-refractivity contribution in [2.24, 2.45) is 5.92 Å². The number of H-pyrrole nitrogens is 1. The first-order chi connectivity index (χ1) is 26.8. The Balaban J connectivity index is 1.03. The molecule has 0 radical (unpaired) electrons. The van der Waals surface area contributed by atoms with Gasteiger partial charge in [0.2, 0.25) is 23.5 Å². The van der Waals surface area contributed by atoms with E-state index in [9.17, 15) is 14.4 Å². The van der Waals surface area contributed by atoms with Gasteiger partial charge in [0, 0.05) is 60.3 Å². The highest BCUT2D eigenvalue weighted by Gasteiger charge is 2.45. The number of aromatic nitrogens is 4. The summed E-state index contributed by atoms with van der Waals surface area (Å²) in [5.74, 6) is -2.48. The average Bonchev–Trinajstić information content (AvgIpc) is 4.03. The van der Waals surface area contributed by atoms with Crippen molar-refractivity contribution in [3.63, 3.8) is 0 Å². The van der Waals surface area contributed by atoms with Crippen LogP contribution >= 0.6 is 23.2 Å². The van der Waals surface area contributed by atoms with Gasteiger partial charge in [0.1, 0.15) is 18.2 Å². The van der Waals surface area contributed by atoms with E-state index in [0.717, 1.165) is 11.1 Å². The van der Waals surface area contributed by atoms with Gasteiger partial charge in [-0.25, -0.2) is 9.97 Å². The van der Waals surface area contributed by atoms with Gasteiger partial charge >= 0.3 is 0 Å². The minimum atomic E-state index is -1.27. The van der Waals surface area contributed by atoms with Crippen LogP contribution in [0.3, 0.4) is 0 Å². The molecule has 0 spiro atoms. The summed E-state index contributed by atoms with van der Waals surface area (Å²) >= 11 is 12.8. The van der Waals surface area contributed by atoms with Crippen molar-refractivity contribution in [1.82, 2.24) is 35.1 Å². The summed E-state index contributed by atoms with van der Waals surface area (Å²) in [6.07, 6.45) is 10.1. The molecular weight excluding hydrogens is 741 g/mol. The SMILES string of the molecule is O=C(NCC1COC(Cn2ccnc2)(c2ccc(Cl)cc2Cl)O1)C(Cc1cnc[nH]1)NC(=O)C1CCCN1C(=O)C(Cc1ccccc1)Cc1ccccc1. The summed E-state index contributed by atoms with van der Waals surface area (Å²) in [4.78, 5) is 55.2. The van der Waals surface area contributed by atoms with Crippen molar-refractivity contribution in [3.8, 4) is 0 Å². The topological polar surface area (TPSA) is 143 Å². The maximum absolute atomic E-state index is 14.3. The first-order valence-electron chi connectivity index (χ1n) is 18.4. The van der Waals surface area contributed by atoms with E-state index in [1.807, 2.05) is 65.2 Å². The Labute approximate surface area is 329 Å². The van der Waals surface area contributed by atoms with Crippen molar-refractivity contribution in [2.45, 2.75) is 62.6 Å². The molecule has 286 valence electrons. The lowest BCUT2D eigenvalue weighted by molar-refractivity contribution is -0.186. The highest BCUT2D eigenvalue weighted by molar-refractivity contribution is 6.35. The number of nitrogens with zero attached hydrogens (tertiary/aromatic N) is 4. The van der Waals surface area contributed by atoms with Gasteiger partial charge in [-0.05, 0) is 48.9 Å². The van der Waals surface area contributed by atoms with E-state index in [-0.39, 0.29) is 43.8 Å². The Bertz CT molecular complexity index is 1990. The Hall–Kier alpha value is -5.01. The molecule has 0 saturated carbocycles. The van der Waals surface area contributed by atoms with Crippen LogP contribution in [0.4, 0.5) is 0 Å². The predicted octanol–water partition coefficient (Wildman–Crippen LogP) is 5.12. The van der Waals surface area contributed by atoms with Crippen molar-refractivity contribution >= 4 is 40.9 Å². The van der Waals surface area contributed by atoms with Crippen LogP contribution in [0.2, 0.25) is 10.0 Å². The van der Waals surface area contributed by atoms with Gasteiger partial charge in [0.25, 0.3) is 0 Å². The molecule has 2 aromatic heterocycles. The molecule has 14 heteroatoms. The molecular formula is C41H43Cl2N7O5. The largest absolute Gasteiger partial charge is 0.352 e. The lowest BCUT2D eigenvalue weighted by Crippen LogP contribution is -2.55. The van der Waals surface area contributed by atoms with E-state index in [1.54, 1.807) is 48.0 Å². The second-order valence-corrected chi connectivity index (χ2v) is 14.9. The Morgan fingerprint density at radius 3 is 2.36 bits per heavy atom. The first kappa shape index (κ1) is 38.3. The summed E-state index contributed by atoms with van der Waals surface area (Å²) in [6, 6.07) is 23.3. The van der Waals surface area contributed by atoms with E-state index >= 15 is 0 Å². The smallest absolute Gasteiger partial charge is 0.243 e. The molecule has 5 aromatic rings. The molecule has 3 N–H and O–H groups in total. The Kier molecular flexibility index (Phi) is 12.3. The zero-order valence-corrected chi connectivity index (χ0v) is 31.7. The van der Waals surface area contributed by atoms with Crippen molar-refractivity contribution in [1.29, 1.82) is 0 Å². The zero-order chi connectivity index (χ0) is 38.2. The molecule has 2 fully saturated rings. The normalized spacial score (nSPS) is 20.1. The molecule has 4 unspecified atom stereocenters. The van der Waals surface area contributed by atoms with Crippen LogP contribution in [0.15, 0.2) is 110 Å². The number of halogens is 2. The molecule has 12 nitrogen and oxygen atoms in total. The van der Waals surface area contributed by atoms with Crippen LogP contribution in [-0.2, 0) is 55.5 Å². The molecule has 2 saturated heterocycles. The lowest BCUT2D eigenvalue weighted by atomic mass is 9.91. The van der Waals surface area contributed by atoms with E-state index in [1.165, 1.54) is 6.33 Å². The molecule has 7 rings (SSSR count). The van der Waals surface area contributed by atoms with E-state index in [4.69, 9.17) is 32.7 Å². The van der Waals surface area contributed by atoms with Gasteiger partial charge in [-0.2, -0.15) is 0 Å². The lowest BCUT2D eigenvalue weighted by Gasteiger charge is -2.30. The minimum absolute atomic E-state index is 0.0710. The van der Waals surface area contributed by atoms with Crippen LogP contribution < -0.4 is 10.6 Å². The van der Waals surface area contributed by atoms with Crippen molar-refractivity contribution < 1.29 is 23.9 Å². The van der Waals surface area contributed by atoms with Crippen LogP contribution in [0, 0.1) is 5.92 Å². The number of rotatable bonds is 15. The van der Waals surface area contributed by atoms with Crippen LogP contribution in [0.1, 0.15) is 35.2 Å². The number of ether oxygens (including phenoxy) is 2. The second kappa shape index (κ2) is 17.6. The highest BCUT2D eigenvalue weighted by atomic mass is 35.5. The number of hydrogen-bond acceptors (Lipinski definition) is 7. The quantitative estimate of drug-likeness (QED) is 0.134. The third-order valence-electron chi connectivity index (χ3n) is 10.1. The number of hydrogen-bond donors (Lipinski definition) is 3. The molecule has 0 bridgehead atoms. The Morgan fingerprint density at radius 1 is 0.964 bits per heavy atom. The predicted molar refractivity (Wildman–Crippen MR) is 207 cm³/mol. The summed E-state index contributed by atoms with van der Waals surface area (Å²) < 4.78 is 14.6. The average molecular weight is 785 g/mol. The number of nitrogens with one attached hydrogen (secondary N) is 3. The molecule has 55 heavy (non-hydrogen) atoms. The second-order valence-electron chi connectivity index (χ2n) is 14.0.